The second-order valence-electron chi connectivity index (χ2n) is 5.47. The minimum Gasteiger partial charge on any atom is -0.309 e. The van der Waals surface area contributed by atoms with E-state index >= 15 is 0 Å². The monoisotopic (exact) mass is 242 g/mol. The van der Waals surface area contributed by atoms with Crippen molar-refractivity contribution in [1.29, 1.82) is 0 Å². The fraction of sp³-hybridized carbons (Fsp3) is 0.500. The van der Waals surface area contributed by atoms with Gasteiger partial charge in [0.25, 0.3) is 0 Å². The number of rotatable bonds is 8. The highest BCUT2D eigenvalue weighted by atomic mass is 14.9. The predicted molar refractivity (Wildman–Crippen MR) is 76.5 cm³/mol. The Morgan fingerprint density at radius 2 is 0.778 bits per heavy atom. The molecule has 96 valence electrons. The molecule has 0 aliphatic heterocycles. The van der Waals surface area contributed by atoms with E-state index in [1.807, 2.05) is 0 Å². The van der Waals surface area contributed by atoms with Crippen LogP contribution in [0.25, 0.3) is 0 Å². The maximum atomic E-state index is 3.37. The number of hydrogen-bond donors (Lipinski definition) is 2. The standard InChI is InChI=1S/2C8H11N/c2*1-2-7(1)5-9-6-8-3-4-8/h2*1,3,9H,2,4-6H2. The lowest BCUT2D eigenvalue weighted by molar-refractivity contribution is 0.811. The minimum absolute atomic E-state index is 1.12. The van der Waals surface area contributed by atoms with Crippen LogP contribution in [0.5, 0.6) is 0 Å². The van der Waals surface area contributed by atoms with Gasteiger partial charge in [-0.25, -0.2) is 0 Å². The van der Waals surface area contributed by atoms with Gasteiger partial charge in [0, 0.05) is 26.2 Å². The van der Waals surface area contributed by atoms with E-state index in [0.717, 1.165) is 26.2 Å². The lowest BCUT2D eigenvalue weighted by atomic mass is 10.4. The van der Waals surface area contributed by atoms with Gasteiger partial charge in [0.1, 0.15) is 0 Å². The zero-order valence-corrected chi connectivity index (χ0v) is 11.0. The molecule has 0 aromatic rings. The maximum absolute atomic E-state index is 3.37. The molecule has 0 saturated carbocycles. The molecule has 4 aliphatic carbocycles. The average Bonchev–Trinajstić information content (AvgIpc) is 3.21. The van der Waals surface area contributed by atoms with Crippen molar-refractivity contribution in [3.63, 3.8) is 0 Å². The molecular formula is C16H22N2. The quantitative estimate of drug-likeness (QED) is 0.639. The van der Waals surface area contributed by atoms with E-state index in [0.29, 0.717) is 0 Å². The molecular weight excluding hydrogens is 220 g/mol. The maximum Gasteiger partial charge on any atom is 0.0170 e. The highest BCUT2D eigenvalue weighted by molar-refractivity contribution is 5.27. The Morgan fingerprint density at radius 1 is 0.556 bits per heavy atom. The fourth-order valence-corrected chi connectivity index (χ4v) is 1.63. The summed E-state index contributed by atoms with van der Waals surface area (Å²) in [4.78, 5) is 0. The molecule has 0 fully saturated rings. The van der Waals surface area contributed by atoms with E-state index in [2.05, 4.69) is 34.9 Å². The summed E-state index contributed by atoms with van der Waals surface area (Å²) in [6.45, 7) is 4.49. The van der Waals surface area contributed by atoms with Crippen LogP contribution in [0.1, 0.15) is 25.7 Å². The molecule has 0 bridgehead atoms. The Labute approximate surface area is 110 Å². The van der Waals surface area contributed by atoms with E-state index in [-0.39, 0.29) is 0 Å². The lowest BCUT2D eigenvalue weighted by Gasteiger charge is -1.95. The summed E-state index contributed by atoms with van der Waals surface area (Å²) in [6, 6.07) is 0. The number of allylic oxidation sites excluding steroid dienone is 4. The summed E-state index contributed by atoms with van der Waals surface area (Å²) in [5.74, 6) is 0. The van der Waals surface area contributed by atoms with E-state index in [1.54, 1.807) is 22.3 Å². The van der Waals surface area contributed by atoms with Crippen LogP contribution < -0.4 is 10.6 Å². The van der Waals surface area contributed by atoms with Gasteiger partial charge in [-0.2, -0.15) is 0 Å². The Bertz CT molecular complexity index is 356. The molecule has 2 nitrogen and oxygen atoms in total. The van der Waals surface area contributed by atoms with Crippen molar-refractivity contribution in [2.24, 2.45) is 0 Å². The van der Waals surface area contributed by atoms with Gasteiger partial charge in [-0.1, -0.05) is 46.6 Å². The minimum atomic E-state index is 1.12. The van der Waals surface area contributed by atoms with Crippen molar-refractivity contribution in [2.45, 2.75) is 25.7 Å². The smallest absolute Gasteiger partial charge is 0.0170 e. The summed E-state index contributed by atoms with van der Waals surface area (Å²) in [5.41, 5.74) is 6.32. The zero-order chi connectivity index (χ0) is 12.2. The normalized spacial score (nSPS) is 20.9. The van der Waals surface area contributed by atoms with E-state index in [4.69, 9.17) is 0 Å². The first-order valence-electron chi connectivity index (χ1n) is 7.03. The summed E-state index contributed by atoms with van der Waals surface area (Å²) in [6.07, 6.45) is 14.1. The summed E-state index contributed by atoms with van der Waals surface area (Å²) in [5, 5.41) is 6.75. The molecule has 0 aromatic heterocycles. The molecule has 2 heteroatoms. The van der Waals surface area contributed by atoms with Crippen LogP contribution in [0.3, 0.4) is 0 Å². The third-order valence-corrected chi connectivity index (χ3v) is 3.38. The van der Waals surface area contributed by atoms with Crippen molar-refractivity contribution >= 4 is 0 Å². The van der Waals surface area contributed by atoms with Crippen LogP contribution in [-0.4, -0.2) is 26.2 Å². The largest absolute Gasteiger partial charge is 0.309 e. The summed E-state index contributed by atoms with van der Waals surface area (Å²) >= 11 is 0. The van der Waals surface area contributed by atoms with E-state index in [9.17, 15) is 0 Å². The molecule has 0 atom stereocenters. The molecule has 4 aliphatic rings. The van der Waals surface area contributed by atoms with Crippen molar-refractivity contribution in [2.75, 3.05) is 26.2 Å². The molecule has 2 N–H and O–H groups in total. The van der Waals surface area contributed by atoms with E-state index in [1.165, 1.54) is 25.7 Å². The van der Waals surface area contributed by atoms with Gasteiger partial charge in [0.15, 0.2) is 0 Å². The van der Waals surface area contributed by atoms with Crippen molar-refractivity contribution < 1.29 is 0 Å². The van der Waals surface area contributed by atoms with Crippen molar-refractivity contribution in [1.82, 2.24) is 10.6 Å². The van der Waals surface area contributed by atoms with Crippen molar-refractivity contribution in [3.8, 4) is 0 Å². The first-order chi connectivity index (χ1) is 8.90. The molecule has 4 rings (SSSR count). The highest BCUT2D eigenvalue weighted by Gasteiger charge is 2.09. The fourth-order valence-electron chi connectivity index (χ4n) is 1.63. The molecule has 0 saturated heterocycles. The van der Waals surface area contributed by atoms with Gasteiger partial charge in [-0.15, -0.1) is 0 Å². The van der Waals surface area contributed by atoms with Crippen LogP contribution in [0, 0.1) is 0 Å². The first-order valence-corrected chi connectivity index (χ1v) is 7.03. The molecule has 0 aromatic carbocycles. The second kappa shape index (κ2) is 5.68. The van der Waals surface area contributed by atoms with Gasteiger partial charge < -0.3 is 10.6 Å². The molecule has 18 heavy (non-hydrogen) atoms. The summed E-state index contributed by atoms with van der Waals surface area (Å²) in [7, 11) is 0. The Hall–Kier alpha value is -1.12. The SMILES string of the molecule is C1=C(CNCC2=CC2)C1.C1=C(CNCC2=CC2)C1. The lowest BCUT2D eigenvalue weighted by Crippen LogP contribution is -2.14. The van der Waals surface area contributed by atoms with Crippen LogP contribution in [0.15, 0.2) is 46.6 Å². The predicted octanol–water partition coefficient (Wildman–Crippen LogP) is 2.47. The average molecular weight is 242 g/mol. The van der Waals surface area contributed by atoms with Crippen LogP contribution in [0.4, 0.5) is 0 Å². The van der Waals surface area contributed by atoms with Crippen LogP contribution in [-0.2, 0) is 0 Å². The summed E-state index contributed by atoms with van der Waals surface area (Å²) < 4.78 is 0. The number of nitrogens with one attached hydrogen (secondary N) is 2. The van der Waals surface area contributed by atoms with Gasteiger partial charge >= 0.3 is 0 Å². The van der Waals surface area contributed by atoms with Crippen LogP contribution >= 0.6 is 0 Å². The highest BCUT2D eigenvalue weighted by Crippen LogP contribution is 2.19. The zero-order valence-electron chi connectivity index (χ0n) is 11.0. The van der Waals surface area contributed by atoms with Gasteiger partial charge in [0.2, 0.25) is 0 Å². The first kappa shape index (κ1) is 11.9. The Balaban J connectivity index is 0.000000111. The van der Waals surface area contributed by atoms with Gasteiger partial charge in [0.05, 0.1) is 0 Å². The third kappa shape index (κ3) is 5.48. The molecule has 0 heterocycles. The third-order valence-electron chi connectivity index (χ3n) is 3.38. The van der Waals surface area contributed by atoms with Crippen LogP contribution in [0.2, 0.25) is 0 Å². The molecule has 0 amide bonds. The Kier molecular flexibility index (Phi) is 3.77. The number of hydrogen-bond acceptors (Lipinski definition) is 2. The van der Waals surface area contributed by atoms with E-state index < -0.39 is 0 Å². The molecule has 0 unspecified atom stereocenters. The van der Waals surface area contributed by atoms with Gasteiger partial charge in [-0.3, -0.25) is 0 Å². The van der Waals surface area contributed by atoms with Gasteiger partial charge in [-0.05, 0) is 25.7 Å². The van der Waals surface area contributed by atoms with Crippen molar-refractivity contribution in [3.05, 3.63) is 46.6 Å². The molecule has 0 radical (unpaired) electrons. The topological polar surface area (TPSA) is 24.1 Å². The molecule has 0 spiro atoms. The Morgan fingerprint density at radius 3 is 0.944 bits per heavy atom. The second-order valence-corrected chi connectivity index (χ2v) is 5.47.